The first kappa shape index (κ1) is 15.9. The molecule has 0 aliphatic rings. The summed E-state index contributed by atoms with van der Waals surface area (Å²) in [6, 6.07) is 3.23. The maximum Gasteiger partial charge on any atom is 0.175 e. The predicted molar refractivity (Wildman–Crippen MR) is 74.1 cm³/mol. The molecule has 0 amide bonds. The van der Waals surface area contributed by atoms with Crippen LogP contribution in [0.3, 0.4) is 0 Å². The van der Waals surface area contributed by atoms with Gasteiger partial charge in [0.1, 0.15) is 19.0 Å². The van der Waals surface area contributed by atoms with Gasteiger partial charge in [0.25, 0.3) is 0 Å². The first-order valence-corrected chi connectivity index (χ1v) is 6.63. The summed E-state index contributed by atoms with van der Waals surface area (Å²) < 4.78 is 16.4. The fraction of sp³-hybridized carbons (Fsp3) is 0.462. The molecular formula is C13H17BrO5. The lowest BCUT2D eigenvalue weighted by Crippen LogP contribution is -2.23. The van der Waals surface area contributed by atoms with Crippen molar-refractivity contribution in [2.45, 2.75) is 13.0 Å². The molecule has 0 radical (unpaired) electrons. The lowest BCUT2D eigenvalue weighted by Gasteiger charge is -2.16. The number of methoxy groups -OCH3 is 1. The zero-order chi connectivity index (χ0) is 14.3. The zero-order valence-corrected chi connectivity index (χ0v) is 12.5. The lowest BCUT2D eigenvalue weighted by atomic mass is 10.2. The van der Waals surface area contributed by atoms with Gasteiger partial charge in [-0.2, -0.15) is 0 Å². The van der Waals surface area contributed by atoms with Gasteiger partial charge in [0.15, 0.2) is 11.5 Å². The van der Waals surface area contributed by atoms with Crippen molar-refractivity contribution in [2.24, 2.45) is 0 Å². The number of benzene rings is 1. The Bertz CT molecular complexity index is 422. The minimum Gasteiger partial charge on any atom is -0.490 e. The number of hydrogen-bond acceptors (Lipinski definition) is 5. The molecule has 0 aromatic heterocycles. The van der Waals surface area contributed by atoms with E-state index in [0.717, 1.165) is 6.29 Å². The third-order valence-electron chi connectivity index (χ3n) is 2.25. The van der Waals surface area contributed by atoms with Gasteiger partial charge in [-0.15, -0.1) is 0 Å². The quantitative estimate of drug-likeness (QED) is 0.738. The molecule has 0 aliphatic carbocycles. The Labute approximate surface area is 120 Å². The third kappa shape index (κ3) is 4.81. The average Bonchev–Trinajstić information content (AvgIpc) is 2.38. The third-order valence-corrected chi connectivity index (χ3v) is 2.84. The van der Waals surface area contributed by atoms with Crippen molar-refractivity contribution in [2.75, 3.05) is 26.9 Å². The van der Waals surface area contributed by atoms with E-state index in [9.17, 15) is 9.90 Å². The fourth-order valence-electron chi connectivity index (χ4n) is 1.48. The number of aliphatic hydroxyl groups is 1. The largest absolute Gasteiger partial charge is 0.490 e. The summed E-state index contributed by atoms with van der Waals surface area (Å²) in [4.78, 5) is 10.8. The van der Waals surface area contributed by atoms with Gasteiger partial charge in [-0.3, -0.25) is 4.79 Å². The van der Waals surface area contributed by atoms with Gasteiger partial charge in [-0.25, -0.2) is 0 Å². The average molecular weight is 333 g/mol. The predicted octanol–water partition coefficient (Wildman–Crippen LogP) is 2.05. The molecule has 0 saturated carbocycles. The molecule has 0 saturated heterocycles. The van der Waals surface area contributed by atoms with E-state index in [0.29, 0.717) is 28.1 Å². The van der Waals surface area contributed by atoms with Gasteiger partial charge < -0.3 is 19.3 Å². The second kappa shape index (κ2) is 8.14. The van der Waals surface area contributed by atoms with Crippen LogP contribution in [0.15, 0.2) is 16.6 Å². The summed E-state index contributed by atoms with van der Waals surface area (Å²) in [5.74, 6) is 0.922. The Kier molecular flexibility index (Phi) is 6.83. The van der Waals surface area contributed by atoms with Crippen molar-refractivity contribution >= 4 is 22.2 Å². The van der Waals surface area contributed by atoms with Crippen molar-refractivity contribution in [1.29, 1.82) is 0 Å². The highest BCUT2D eigenvalue weighted by Gasteiger charge is 2.14. The van der Waals surface area contributed by atoms with Crippen molar-refractivity contribution in [3.05, 3.63) is 22.2 Å². The highest BCUT2D eigenvalue weighted by atomic mass is 79.9. The Balaban J connectivity index is 2.88. The zero-order valence-electron chi connectivity index (χ0n) is 10.9. The first-order chi connectivity index (χ1) is 9.12. The maximum absolute atomic E-state index is 10.8. The van der Waals surface area contributed by atoms with Gasteiger partial charge in [-0.1, -0.05) is 0 Å². The molecule has 1 aromatic rings. The van der Waals surface area contributed by atoms with Crippen molar-refractivity contribution in [3.63, 3.8) is 0 Å². The first-order valence-electron chi connectivity index (χ1n) is 5.83. The van der Waals surface area contributed by atoms with Crippen LogP contribution >= 0.6 is 15.9 Å². The number of ether oxygens (including phenoxy) is 3. The number of halogens is 1. The molecule has 0 heterocycles. The monoisotopic (exact) mass is 332 g/mol. The summed E-state index contributed by atoms with van der Waals surface area (Å²) in [6.07, 6.45) is 0.00808. The Morgan fingerprint density at radius 1 is 1.37 bits per heavy atom. The molecule has 1 atom stereocenters. The van der Waals surface area contributed by atoms with Gasteiger partial charge in [0, 0.05) is 12.7 Å². The summed E-state index contributed by atoms with van der Waals surface area (Å²) in [5, 5.41) is 9.56. The van der Waals surface area contributed by atoms with Crippen LogP contribution in [0, 0.1) is 0 Å². The lowest BCUT2D eigenvalue weighted by molar-refractivity contribution is 0.0316. The normalized spacial score (nSPS) is 12.0. The second-order valence-corrected chi connectivity index (χ2v) is 4.66. The molecule has 1 N–H and O–H groups in total. The standard InChI is InChI=1S/C13H17BrO5/c1-3-18-12-5-9(6-15)4-11(14)13(12)19-8-10(16)7-17-2/h4-6,10,16H,3,7-8H2,1-2H3. The van der Waals surface area contributed by atoms with E-state index in [-0.39, 0.29) is 13.2 Å². The van der Waals surface area contributed by atoms with Crippen LogP contribution in [0.2, 0.25) is 0 Å². The Hall–Kier alpha value is -1.11. The van der Waals surface area contributed by atoms with E-state index in [1.54, 1.807) is 12.1 Å². The van der Waals surface area contributed by atoms with Crippen molar-refractivity contribution < 1.29 is 24.1 Å². The van der Waals surface area contributed by atoms with Crippen LogP contribution in [0.1, 0.15) is 17.3 Å². The van der Waals surface area contributed by atoms with Gasteiger partial charge in [0.05, 0.1) is 17.7 Å². The molecule has 0 spiro atoms. The SMILES string of the molecule is CCOc1cc(C=O)cc(Br)c1OCC(O)COC. The van der Waals surface area contributed by atoms with Gasteiger partial charge in [-0.05, 0) is 35.0 Å². The molecular weight excluding hydrogens is 316 g/mol. The van der Waals surface area contributed by atoms with Crippen LogP contribution in [0.25, 0.3) is 0 Å². The summed E-state index contributed by atoms with van der Waals surface area (Å²) in [6.45, 7) is 2.55. The van der Waals surface area contributed by atoms with E-state index in [4.69, 9.17) is 14.2 Å². The van der Waals surface area contributed by atoms with E-state index in [1.165, 1.54) is 7.11 Å². The minimum atomic E-state index is -0.725. The van der Waals surface area contributed by atoms with Gasteiger partial charge >= 0.3 is 0 Å². The number of aldehydes is 1. The molecule has 106 valence electrons. The Morgan fingerprint density at radius 2 is 2.11 bits per heavy atom. The number of aliphatic hydroxyl groups excluding tert-OH is 1. The van der Waals surface area contributed by atoms with E-state index >= 15 is 0 Å². The fourth-order valence-corrected chi connectivity index (χ4v) is 2.05. The molecule has 0 fully saturated rings. The number of hydrogen-bond donors (Lipinski definition) is 1. The van der Waals surface area contributed by atoms with Crippen molar-refractivity contribution in [3.8, 4) is 11.5 Å². The topological polar surface area (TPSA) is 65.0 Å². The number of rotatable bonds is 8. The molecule has 5 nitrogen and oxygen atoms in total. The van der Waals surface area contributed by atoms with Crippen LogP contribution < -0.4 is 9.47 Å². The molecule has 6 heteroatoms. The molecule has 19 heavy (non-hydrogen) atoms. The molecule has 0 bridgehead atoms. The number of carbonyl (C=O) groups excluding carboxylic acids is 1. The second-order valence-electron chi connectivity index (χ2n) is 3.80. The number of carbonyl (C=O) groups is 1. The van der Waals surface area contributed by atoms with Crippen LogP contribution in [0.5, 0.6) is 11.5 Å². The van der Waals surface area contributed by atoms with E-state index in [2.05, 4.69) is 15.9 Å². The molecule has 1 unspecified atom stereocenters. The van der Waals surface area contributed by atoms with Gasteiger partial charge in [0.2, 0.25) is 0 Å². The van der Waals surface area contributed by atoms with Crippen LogP contribution in [-0.2, 0) is 4.74 Å². The summed E-state index contributed by atoms with van der Waals surface area (Å²) in [5.41, 5.74) is 0.486. The molecule has 1 rings (SSSR count). The van der Waals surface area contributed by atoms with E-state index < -0.39 is 6.10 Å². The summed E-state index contributed by atoms with van der Waals surface area (Å²) in [7, 11) is 1.50. The van der Waals surface area contributed by atoms with Crippen LogP contribution in [-0.4, -0.2) is 44.4 Å². The smallest absolute Gasteiger partial charge is 0.175 e. The highest BCUT2D eigenvalue weighted by molar-refractivity contribution is 9.10. The molecule has 0 aliphatic heterocycles. The minimum absolute atomic E-state index is 0.0763. The highest BCUT2D eigenvalue weighted by Crippen LogP contribution is 2.36. The summed E-state index contributed by atoms with van der Waals surface area (Å²) >= 11 is 3.32. The van der Waals surface area contributed by atoms with E-state index in [1.807, 2.05) is 6.92 Å². The molecule has 1 aromatic carbocycles. The Morgan fingerprint density at radius 3 is 2.68 bits per heavy atom. The van der Waals surface area contributed by atoms with Crippen molar-refractivity contribution in [1.82, 2.24) is 0 Å². The van der Waals surface area contributed by atoms with Crippen LogP contribution in [0.4, 0.5) is 0 Å². The maximum atomic E-state index is 10.8.